The van der Waals surface area contributed by atoms with E-state index in [1.54, 1.807) is 0 Å². The Labute approximate surface area is 218 Å². The molecule has 1 aliphatic heterocycles. The third-order valence-corrected chi connectivity index (χ3v) is 7.72. The molecular formula is C30H37N5O2. The quantitative estimate of drug-likeness (QED) is 0.296. The van der Waals surface area contributed by atoms with Gasteiger partial charge in [0.2, 0.25) is 5.91 Å². The minimum atomic E-state index is 0.180. The van der Waals surface area contributed by atoms with Crippen molar-refractivity contribution in [1.29, 1.82) is 0 Å². The van der Waals surface area contributed by atoms with E-state index in [1.807, 2.05) is 47.6 Å². The number of aryl methyl sites for hydroxylation is 1. The molecule has 4 aromatic rings. The SMILES string of the molecule is CCC(COCCC1CCN(C(=O)CCc2ccccc2)CC1)n1cnc2c(N)nc3ccccc3c21. The number of imidazole rings is 1. The van der Waals surface area contributed by atoms with Crippen molar-refractivity contribution in [2.75, 3.05) is 32.0 Å². The Morgan fingerprint density at radius 1 is 1.11 bits per heavy atom. The van der Waals surface area contributed by atoms with E-state index in [1.165, 1.54) is 5.56 Å². The molecule has 3 heterocycles. The van der Waals surface area contributed by atoms with Crippen LogP contribution in [0.2, 0.25) is 0 Å². The molecule has 2 aromatic heterocycles. The second kappa shape index (κ2) is 11.7. The summed E-state index contributed by atoms with van der Waals surface area (Å²) in [6.07, 6.45) is 7.37. The van der Waals surface area contributed by atoms with Gasteiger partial charge in [-0.3, -0.25) is 4.79 Å². The van der Waals surface area contributed by atoms with E-state index < -0.39 is 0 Å². The lowest BCUT2D eigenvalue weighted by Crippen LogP contribution is -2.38. The summed E-state index contributed by atoms with van der Waals surface area (Å²) >= 11 is 0. The summed E-state index contributed by atoms with van der Waals surface area (Å²) in [6.45, 7) is 5.27. The molecular weight excluding hydrogens is 462 g/mol. The molecule has 1 unspecified atom stereocenters. The third-order valence-electron chi connectivity index (χ3n) is 7.72. The van der Waals surface area contributed by atoms with Crippen LogP contribution in [0.3, 0.4) is 0 Å². The van der Waals surface area contributed by atoms with Crippen molar-refractivity contribution in [1.82, 2.24) is 19.4 Å². The zero-order valence-corrected chi connectivity index (χ0v) is 21.7. The van der Waals surface area contributed by atoms with Gasteiger partial charge in [0.25, 0.3) is 0 Å². The zero-order valence-electron chi connectivity index (χ0n) is 21.7. The van der Waals surface area contributed by atoms with Crippen LogP contribution in [0.5, 0.6) is 0 Å². The summed E-state index contributed by atoms with van der Waals surface area (Å²) in [7, 11) is 0. The second-order valence-corrected chi connectivity index (χ2v) is 10.1. The highest BCUT2D eigenvalue weighted by molar-refractivity contribution is 6.06. The van der Waals surface area contributed by atoms with Gasteiger partial charge in [-0.2, -0.15) is 0 Å². The number of anilines is 1. The minimum Gasteiger partial charge on any atom is -0.382 e. The van der Waals surface area contributed by atoms with Gasteiger partial charge in [0.15, 0.2) is 5.82 Å². The maximum Gasteiger partial charge on any atom is 0.222 e. The fourth-order valence-electron chi connectivity index (χ4n) is 5.44. The lowest BCUT2D eigenvalue weighted by molar-refractivity contribution is -0.132. The number of fused-ring (bicyclic) bond motifs is 3. The van der Waals surface area contributed by atoms with Crippen LogP contribution in [-0.4, -0.2) is 51.6 Å². The smallest absolute Gasteiger partial charge is 0.222 e. The van der Waals surface area contributed by atoms with Crippen LogP contribution in [0.15, 0.2) is 60.9 Å². The third kappa shape index (κ3) is 5.77. The first-order chi connectivity index (χ1) is 18.1. The van der Waals surface area contributed by atoms with Gasteiger partial charge in [0.05, 0.1) is 30.0 Å². The van der Waals surface area contributed by atoms with Crippen LogP contribution in [0.4, 0.5) is 5.82 Å². The maximum absolute atomic E-state index is 12.6. The summed E-state index contributed by atoms with van der Waals surface area (Å²) in [5, 5.41) is 1.06. The molecule has 2 N–H and O–H groups in total. The van der Waals surface area contributed by atoms with Crippen molar-refractivity contribution < 1.29 is 9.53 Å². The first-order valence-electron chi connectivity index (χ1n) is 13.5. The monoisotopic (exact) mass is 499 g/mol. The molecule has 0 bridgehead atoms. The number of carbonyl (C=O) groups excluding carboxylic acids is 1. The predicted octanol–water partition coefficient (Wildman–Crippen LogP) is 5.40. The van der Waals surface area contributed by atoms with Crippen LogP contribution in [0.1, 0.15) is 50.6 Å². The average molecular weight is 500 g/mol. The number of likely N-dealkylation sites (tertiary alicyclic amines) is 1. The van der Waals surface area contributed by atoms with E-state index >= 15 is 0 Å². The summed E-state index contributed by atoms with van der Waals surface area (Å²) < 4.78 is 8.39. The van der Waals surface area contributed by atoms with Crippen molar-refractivity contribution in [2.45, 2.75) is 51.5 Å². The highest BCUT2D eigenvalue weighted by atomic mass is 16.5. The zero-order chi connectivity index (χ0) is 25.6. The molecule has 1 atom stereocenters. The molecule has 1 saturated heterocycles. The Kier molecular flexibility index (Phi) is 7.99. The maximum atomic E-state index is 12.6. The standard InChI is InChI=1S/C30H37N5O2/c1-2-24(35-21-32-28-29(35)25-10-6-7-11-26(25)33-30(28)31)20-37-19-16-23-14-17-34(18-15-23)27(36)13-12-22-8-4-3-5-9-22/h3-11,21,23-24H,2,12-20H2,1H3,(H2,31,33). The van der Waals surface area contributed by atoms with Crippen LogP contribution in [0.25, 0.3) is 21.9 Å². The van der Waals surface area contributed by atoms with Gasteiger partial charge in [0, 0.05) is 31.5 Å². The van der Waals surface area contributed by atoms with E-state index in [-0.39, 0.29) is 11.9 Å². The van der Waals surface area contributed by atoms with Gasteiger partial charge in [-0.25, -0.2) is 9.97 Å². The molecule has 0 radical (unpaired) electrons. The number of nitrogens with zero attached hydrogens (tertiary/aromatic N) is 4. The molecule has 5 rings (SSSR count). The van der Waals surface area contributed by atoms with Crippen LogP contribution >= 0.6 is 0 Å². The topological polar surface area (TPSA) is 86.3 Å². The van der Waals surface area contributed by atoms with E-state index in [0.29, 0.717) is 24.8 Å². The largest absolute Gasteiger partial charge is 0.382 e. The van der Waals surface area contributed by atoms with Gasteiger partial charge in [-0.1, -0.05) is 55.5 Å². The van der Waals surface area contributed by atoms with E-state index in [9.17, 15) is 4.79 Å². The fourth-order valence-corrected chi connectivity index (χ4v) is 5.44. The van der Waals surface area contributed by atoms with Crippen LogP contribution in [0, 0.1) is 5.92 Å². The number of benzene rings is 2. The predicted molar refractivity (Wildman–Crippen MR) is 148 cm³/mol. The van der Waals surface area contributed by atoms with Gasteiger partial charge < -0.3 is 19.9 Å². The van der Waals surface area contributed by atoms with Crippen LogP contribution in [-0.2, 0) is 16.0 Å². The summed E-state index contributed by atoms with van der Waals surface area (Å²) in [5.74, 6) is 1.36. The Hall–Kier alpha value is -3.45. The number of nitrogen functional groups attached to an aromatic ring is 1. The molecule has 1 fully saturated rings. The van der Waals surface area contributed by atoms with E-state index in [0.717, 1.165) is 73.7 Å². The normalized spacial score (nSPS) is 15.4. The Morgan fingerprint density at radius 2 is 1.86 bits per heavy atom. The fraction of sp³-hybridized carbons (Fsp3) is 0.433. The molecule has 1 aliphatic rings. The molecule has 0 spiro atoms. The van der Waals surface area contributed by atoms with Gasteiger partial charge in [-0.15, -0.1) is 0 Å². The lowest BCUT2D eigenvalue weighted by atomic mass is 9.93. The van der Waals surface area contributed by atoms with Crippen molar-refractivity contribution in [3.8, 4) is 0 Å². The van der Waals surface area contributed by atoms with Crippen molar-refractivity contribution in [3.05, 3.63) is 66.5 Å². The molecule has 7 nitrogen and oxygen atoms in total. The number of ether oxygens (including phenoxy) is 1. The van der Waals surface area contributed by atoms with E-state index in [4.69, 9.17) is 10.5 Å². The number of hydrogen-bond donors (Lipinski definition) is 1. The number of hydrogen-bond acceptors (Lipinski definition) is 5. The summed E-state index contributed by atoms with van der Waals surface area (Å²) in [4.78, 5) is 23.8. The Morgan fingerprint density at radius 3 is 2.65 bits per heavy atom. The van der Waals surface area contributed by atoms with Gasteiger partial charge in [-0.05, 0) is 49.7 Å². The molecule has 2 aromatic carbocycles. The molecule has 0 saturated carbocycles. The highest BCUT2D eigenvalue weighted by Gasteiger charge is 2.23. The minimum absolute atomic E-state index is 0.180. The lowest BCUT2D eigenvalue weighted by Gasteiger charge is -2.32. The highest BCUT2D eigenvalue weighted by Crippen LogP contribution is 2.30. The first-order valence-corrected chi connectivity index (χ1v) is 13.5. The number of para-hydroxylation sites is 1. The van der Waals surface area contributed by atoms with Crippen molar-refractivity contribution in [3.63, 3.8) is 0 Å². The number of nitrogens with two attached hydrogens (primary N) is 1. The van der Waals surface area contributed by atoms with Crippen LogP contribution < -0.4 is 5.73 Å². The van der Waals surface area contributed by atoms with Crippen molar-refractivity contribution in [2.24, 2.45) is 5.92 Å². The molecule has 0 aliphatic carbocycles. The summed E-state index contributed by atoms with van der Waals surface area (Å²) in [5.41, 5.74) is 10.1. The Bertz CT molecular complexity index is 1330. The number of carbonyl (C=O) groups is 1. The van der Waals surface area contributed by atoms with Crippen molar-refractivity contribution >= 4 is 33.7 Å². The molecule has 37 heavy (non-hydrogen) atoms. The number of pyridine rings is 1. The number of amides is 1. The second-order valence-electron chi connectivity index (χ2n) is 10.1. The summed E-state index contributed by atoms with van der Waals surface area (Å²) in [6, 6.07) is 18.5. The number of aromatic nitrogens is 3. The molecule has 7 heteroatoms. The molecule has 1 amide bonds. The van der Waals surface area contributed by atoms with Gasteiger partial charge in [0.1, 0.15) is 5.52 Å². The number of piperidine rings is 1. The van der Waals surface area contributed by atoms with Gasteiger partial charge >= 0.3 is 0 Å². The number of rotatable bonds is 10. The molecule has 194 valence electrons. The van der Waals surface area contributed by atoms with E-state index in [2.05, 4.69) is 39.7 Å². The average Bonchev–Trinajstić information content (AvgIpc) is 3.39. The Balaban J connectivity index is 1.09. The first kappa shape index (κ1) is 25.2.